The van der Waals surface area contributed by atoms with E-state index in [4.69, 9.17) is 4.74 Å². The molecule has 1 amide bonds. The lowest BCUT2D eigenvalue weighted by molar-refractivity contribution is -0.180. The van der Waals surface area contributed by atoms with E-state index in [1.54, 1.807) is 0 Å². The van der Waals surface area contributed by atoms with Crippen molar-refractivity contribution in [3.05, 3.63) is 0 Å². The molecule has 1 aliphatic rings. The van der Waals surface area contributed by atoms with Crippen LogP contribution in [0.5, 0.6) is 0 Å². The van der Waals surface area contributed by atoms with E-state index in [0.717, 1.165) is 0 Å². The van der Waals surface area contributed by atoms with E-state index in [1.165, 1.54) is 4.90 Å². The van der Waals surface area contributed by atoms with Gasteiger partial charge in [-0.15, -0.1) is 0 Å². The smallest absolute Gasteiger partial charge is 0.372 e. The molecule has 0 aliphatic carbocycles. The van der Waals surface area contributed by atoms with Crippen molar-refractivity contribution in [2.24, 2.45) is 0 Å². The summed E-state index contributed by atoms with van der Waals surface area (Å²) in [5, 5.41) is 0. The summed E-state index contributed by atoms with van der Waals surface area (Å²) >= 11 is 0. The molecule has 1 heterocycles. The fourth-order valence-electron chi connectivity index (χ4n) is 1.73. The summed E-state index contributed by atoms with van der Waals surface area (Å²) in [6.45, 7) is 2.46. The summed E-state index contributed by atoms with van der Waals surface area (Å²) < 4.78 is 45.1. The molecule has 100 valence electrons. The summed E-state index contributed by atoms with van der Waals surface area (Å²) in [7, 11) is 0. The fourth-order valence-corrected chi connectivity index (χ4v) is 1.73. The van der Waals surface area contributed by atoms with Crippen molar-refractivity contribution in [3.63, 3.8) is 0 Å². The summed E-state index contributed by atoms with van der Waals surface area (Å²) in [6, 6.07) is 0. The van der Waals surface area contributed by atoms with Crippen LogP contribution < -0.4 is 0 Å². The molecule has 1 aliphatic heterocycles. The summed E-state index contributed by atoms with van der Waals surface area (Å²) in [5.41, 5.74) is 0. The zero-order chi connectivity index (χ0) is 13.1. The highest BCUT2D eigenvalue weighted by Crippen LogP contribution is 2.15. The van der Waals surface area contributed by atoms with Crippen LogP contribution in [0.3, 0.4) is 0 Å². The van der Waals surface area contributed by atoms with Crippen molar-refractivity contribution in [1.29, 1.82) is 0 Å². The molecule has 0 aromatic heterocycles. The average Bonchev–Trinajstić information content (AvgIpc) is 2.13. The Morgan fingerprint density at radius 1 is 1.35 bits per heavy atom. The van der Waals surface area contributed by atoms with E-state index in [1.807, 2.05) is 13.8 Å². The van der Waals surface area contributed by atoms with E-state index in [9.17, 15) is 18.0 Å². The van der Waals surface area contributed by atoms with Crippen LogP contribution in [0.4, 0.5) is 13.2 Å². The Morgan fingerprint density at radius 2 is 1.88 bits per heavy atom. The number of hydrogen-bond acceptors (Lipinski definition) is 3. The summed E-state index contributed by atoms with van der Waals surface area (Å²) in [5.74, 6) is -0.434. The van der Waals surface area contributed by atoms with E-state index >= 15 is 0 Å². The van der Waals surface area contributed by atoms with Gasteiger partial charge in [0.15, 0.2) is 0 Å². The van der Waals surface area contributed by atoms with Gasteiger partial charge in [-0.1, -0.05) is 0 Å². The quantitative estimate of drug-likeness (QED) is 0.760. The van der Waals surface area contributed by atoms with Crippen LogP contribution >= 0.6 is 0 Å². The molecule has 1 fully saturated rings. The van der Waals surface area contributed by atoms with E-state index in [-0.39, 0.29) is 12.2 Å². The van der Waals surface area contributed by atoms with Gasteiger partial charge >= 0.3 is 6.18 Å². The van der Waals surface area contributed by atoms with Crippen LogP contribution in [0.25, 0.3) is 0 Å². The largest absolute Gasteiger partial charge is 0.411 e. The van der Waals surface area contributed by atoms with E-state index < -0.39 is 25.3 Å². The lowest BCUT2D eigenvalue weighted by Gasteiger charge is -2.35. The lowest BCUT2D eigenvalue weighted by atomic mass is 10.2. The molecule has 1 saturated heterocycles. The molecular weight excluding hydrogens is 239 g/mol. The van der Waals surface area contributed by atoms with Crippen LogP contribution in [0.1, 0.15) is 13.8 Å². The van der Waals surface area contributed by atoms with Crippen LogP contribution in [0.2, 0.25) is 0 Å². The number of carbonyl (C=O) groups excluding carboxylic acids is 1. The standard InChI is InChI=1S/C10H16F3NO3/c1-7-3-14(4-8(2)17-7)9(15)5-16-6-10(11,12)13/h7-8H,3-6H2,1-2H3/t7-,8-/m0/s1. The first-order chi connectivity index (χ1) is 7.78. The number of ether oxygens (including phenoxy) is 2. The number of alkyl halides is 3. The van der Waals surface area contributed by atoms with Gasteiger partial charge in [0.1, 0.15) is 13.2 Å². The summed E-state index contributed by atoms with van der Waals surface area (Å²) in [4.78, 5) is 13.0. The van der Waals surface area contributed by atoms with Gasteiger partial charge in [-0.3, -0.25) is 4.79 Å². The molecule has 4 nitrogen and oxygen atoms in total. The maximum absolute atomic E-state index is 11.8. The minimum Gasteiger partial charge on any atom is -0.372 e. The maximum Gasteiger partial charge on any atom is 0.411 e. The topological polar surface area (TPSA) is 38.8 Å². The third-order valence-corrected chi connectivity index (χ3v) is 2.26. The number of morpholine rings is 1. The molecule has 2 atom stereocenters. The summed E-state index contributed by atoms with van der Waals surface area (Å²) in [6.07, 6.45) is -4.61. The van der Waals surface area contributed by atoms with Crippen LogP contribution in [-0.4, -0.2) is 55.5 Å². The molecule has 0 N–H and O–H groups in total. The van der Waals surface area contributed by atoms with Crippen molar-refractivity contribution in [2.45, 2.75) is 32.2 Å². The first kappa shape index (κ1) is 14.2. The highest BCUT2D eigenvalue weighted by molar-refractivity contribution is 5.77. The molecular formula is C10H16F3NO3. The highest BCUT2D eigenvalue weighted by atomic mass is 19.4. The van der Waals surface area contributed by atoms with Crippen molar-refractivity contribution in [1.82, 2.24) is 4.90 Å². The van der Waals surface area contributed by atoms with Crippen LogP contribution in [-0.2, 0) is 14.3 Å². The van der Waals surface area contributed by atoms with Crippen molar-refractivity contribution in [3.8, 4) is 0 Å². The Labute approximate surface area is 97.7 Å². The molecule has 0 bridgehead atoms. The van der Waals surface area contributed by atoms with Crippen LogP contribution in [0.15, 0.2) is 0 Å². The molecule has 0 radical (unpaired) electrons. The van der Waals surface area contributed by atoms with Crippen molar-refractivity contribution in [2.75, 3.05) is 26.3 Å². The van der Waals surface area contributed by atoms with Gasteiger partial charge in [0, 0.05) is 13.1 Å². The predicted molar refractivity (Wildman–Crippen MR) is 53.5 cm³/mol. The minimum absolute atomic E-state index is 0.106. The van der Waals surface area contributed by atoms with Gasteiger partial charge in [-0.2, -0.15) is 13.2 Å². The third kappa shape index (κ3) is 5.36. The second-order valence-corrected chi connectivity index (χ2v) is 4.16. The van der Waals surface area contributed by atoms with Gasteiger partial charge in [0.05, 0.1) is 12.2 Å². The average molecular weight is 255 g/mol. The molecule has 0 saturated carbocycles. The van der Waals surface area contributed by atoms with Crippen molar-refractivity contribution >= 4 is 5.91 Å². The van der Waals surface area contributed by atoms with Gasteiger partial charge in [-0.25, -0.2) is 0 Å². The minimum atomic E-state index is -4.40. The maximum atomic E-state index is 11.8. The monoisotopic (exact) mass is 255 g/mol. The Bertz CT molecular complexity index is 260. The molecule has 0 aromatic rings. The SMILES string of the molecule is C[C@H]1CN(C(=O)COCC(F)(F)F)C[C@H](C)O1. The van der Waals surface area contributed by atoms with Gasteiger partial charge < -0.3 is 14.4 Å². The molecule has 7 heteroatoms. The van der Waals surface area contributed by atoms with Crippen molar-refractivity contribution < 1.29 is 27.4 Å². The fraction of sp³-hybridized carbons (Fsp3) is 0.900. The van der Waals surface area contributed by atoms with E-state index in [2.05, 4.69) is 4.74 Å². The Morgan fingerprint density at radius 3 is 2.35 bits per heavy atom. The predicted octanol–water partition coefficient (Wildman–Crippen LogP) is 1.20. The first-order valence-electron chi connectivity index (χ1n) is 5.35. The molecule has 1 rings (SSSR count). The zero-order valence-electron chi connectivity index (χ0n) is 9.79. The molecule has 0 spiro atoms. The second-order valence-electron chi connectivity index (χ2n) is 4.16. The lowest BCUT2D eigenvalue weighted by Crippen LogP contribution is -2.49. The molecule has 0 aromatic carbocycles. The Kier molecular flexibility index (Phi) is 4.76. The number of rotatable bonds is 3. The third-order valence-electron chi connectivity index (χ3n) is 2.26. The zero-order valence-corrected chi connectivity index (χ0v) is 9.79. The normalized spacial score (nSPS) is 26.1. The number of nitrogens with zero attached hydrogens (tertiary/aromatic N) is 1. The number of hydrogen-bond donors (Lipinski definition) is 0. The van der Waals surface area contributed by atoms with Gasteiger partial charge in [-0.05, 0) is 13.8 Å². The number of halogens is 3. The Hall–Kier alpha value is -0.820. The highest BCUT2D eigenvalue weighted by Gasteiger charge is 2.29. The van der Waals surface area contributed by atoms with Gasteiger partial charge in [0.2, 0.25) is 5.91 Å². The molecule has 0 unspecified atom stereocenters. The van der Waals surface area contributed by atoms with E-state index in [0.29, 0.717) is 13.1 Å². The molecule has 17 heavy (non-hydrogen) atoms. The number of carbonyl (C=O) groups is 1. The van der Waals surface area contributed by atoms with Gasteiger partial charge in [0.25, 0.3) is 0 Å². The Balaban J connectivity index is 2.32. The second kappa shape index (κ2) is 5.68. The first-order valence-corrected chi connectivity index (χ1v) is 5.35. The number of amides is 1. The van der Waals surface area contributed by atoms with Crippen LogP contribution in [0, 0.1) is 0 Å².